The number of aryl methyl sites for hydroxylation is 3. The van der Waals surface area contributed by atoms with Crippen LogP contribution in [-0.4, -0.2) is 28.6 Å². The van der Waals surface area contributed by atoms with Gasteiger partial charge in [-0.25, -0.2) is 4.98 Å². The molecule has 4 aromatic rings. The van der Waals surface area contributed by atoms with Crippen LogP contribution in [-0.2, 0) is 13.0 Å². The van der Waals surface area contributed by atoms with Crippen LogP contribution in [0.5, 0.6) is 5.75 Å². The molecule has 0 saturated heterocycles. The number of unbranched alkanes of at least 4 members (excludes halogenated alkanes) is 2. The van der Waals surface area contributed by atoms with Crippen molar-refractivity contribution in [3.8, 4) is 5.75 Å². The van der Waals surface area contributed by atoms with E-state index in [1.54, 1.807) is 0 Å². The van der Waals surface area contributed by atoms with Gasteiger partial charge >= 0.3 is 0 Å². The van der Waals surface area contributed by atoms with Gasteiger partial charge in [0.2, 0.25) is 0 Å². The van der Waals surface area contributed by atoms with Crippen molar-refractivity contribution in [2.45, 2.75) is 45.6 Å². The van der Waals surface area contributed by atoms with E-state index in [9.17, 15) is 4.79 Å². The fourth-order valence-electron chi connectivity index (χ4n) is 4.09. The Morgan fingerprint density at radius 3 is 2.47 bits per heavy atom. The van der Waals surface area contributed by atoms with Crippen LogP contribution >= 0.6 is 0 Å². The lowest BCUT2D eigenvalue weighted by atomic mass is 10.1. The summed E-state index contributed by atoms with van der Waals surface area (Å²) in [6.45, 7) is 4.28. The molecule has 5 heteroatoms. The fourth-order valence-corrected chi connectivity index (χ4v) is 4.09. The highest BCUT2D eigenvalue weighted by molar-refractivity contribution is 5.94. The summed E-state index contributed by atoms with van der Waals surface area (Å²) in [7, 11) is 0. The zero-order valence-electron chi connectivity index (χ0n) is 19.9. The molecule has 0 spiro atoms. The van der Waals surface area contributed by atoms with Gasteiger partial charge in [0, 0.05) is 25.1 Å². The summed E-state index contributed by atoms with van der Waals surface area (Å²) in [5.74, 6) is 2.04. The van der Waals surface area contributed by atoms with Crippen molar-refractivity contribution in [1.29, 1.82) is 0 Å². The van der Waals surface area contributed by atoms with Gasteiger partial charge in [-0.15, -0.1) is 0 Å². The molecule has 1 aromatic heterocycles. The lowest BCUT2D eigenvalue weighted by Gasteiger charge is -2.11. The van der Waals surface area contributed by atoms with Gasteiger partial charge in [-0.1, -0.05) is 54.4 Å². The molecule has 0 aliphatic heterocycles. The fraction of sp³-hybridized carbons (Fsp3) is 0.310. The molecule has 176 valence electrons. The molecule has 0 saturated carbocycles. The number of aromatic nitrogens is 2. The minimum Gasteiger partial charge on any atom is -0.494 e. The number of nitrogens with one attached hydrogen (secondary N) is 1. The number of fused-ring (bicyclic) bond motifs is 1. The van der Waals surface area contributed by atoms with Crippen molar-refractivity contribution >= 4 is 16.9 Å². The molecule has 34 heavy (non-hydrogen) atoms. The summed E-state index contributed by atoms with van der Waals surface area (Å²) in [5.41, 5.74) is 4.11. The Morgan fingerprint density at radius 2 is 1.65 bits per heavy atom. The second-order valence-corrected chi connectivity index (χ2v) is 8.62. The number of hydrogen-bond donors (Lipinski definition) is 1. The number of para-hydroxylation sites is 3. The molecular weight excluding hydrogens is 422 g/mol. The molecule has 0 unspecified atom stereocenters. The highest BCUT2D eigenvalue weighted by Gasteiger charge is 2.10. The lowest BCUT2D eigenvalue weighted by molar-refractivity contribution is 0.0953. The van der Waals surface area contributed by atoms with Crippen LogP contribution in [0, 0.1) is 6.92 Å². The Hall–Kier alpha value is -3.60. The largest absolute Gasteiger partial charge is 0.494 e. The van der Waals surface area contributed by atoms with Crippen LogP contribution < -0.4 is 10.1 Å². The number of imidazole rings is 1. The second-order valence-electron chi connectivity index (χ2n) is 8.62. The molecule has 3 aromatic carbocycles. The number of ether oxygens (including phenoxy) is 1. The Morgan fingerprint density at radius 1 is 0.882 bits per heavy atom. The number of carbonyl (C=O) groups is 1. The summed E-state index contributed by atoms with van der Waals surface area (Å²) in [5, 5.41) is 3.02. The zero-order valence-corrected chi connectivity index (χ0v) is 19.9. The van der Waals surface area contributed by atoms with Crippen molar-refractivity contribution in [2.24, 2.45) is 0 Å². The molecular formula is C29H33N3O2. The van der Waals surface area contributed by atoms with Gasteiger partial charge in [0.05, 0.1) is 17.6 Å². The van der Waals surface area contributed by atoms with Crippen LogP contribution in [0.2, 0.25) is 0 Å². The van der Waals surface area contributed by atoms with Gasteiger partial charge in [0.15, 0.2) is 0 Å². The molecule has 1 heterocycles. The third kappa shape index (κ3) is 6.47. The Bertz CT molecular complexity index is 1180. The van der Waals surface area contributed by atoms with E-state index in [1.165, 1.54) is 5.52 Å². The second kappa shape index (κ2) is 12.0. The van der Waals surface area contributed by atoms with E-state index >= 15 is 0 Å². The number of rotatable bonds is 12. The summed E-state index contributed by atoms with van der Waals surface area (Å²) in [6, 6.07) is 26.0. The third-order valence-corrected chi connectivity index (χ3v) is 5.95. The summed E-state index contributed by atoms with van der Waals surface area (Å²) >= 11 is 0. The molecule has 4 rings (SSSR count). The molecule has 0 fully saturated rings. The van der Waals surface area contributed by atoms with E-state index in [0.717, 1.165) is 66.9 Å². The maximum Gasteiger partial charge on any atom is 0.251 e. The smallest absolute Gasteiger partial charge is 0.251 e. The number of nitrogens with zero attached hydrogens (tertiary/aromatic N) is 2. The zero-order chi connectivity index (χ0) is 23.6. The van der Waals surface area contributed by atoms with Crippen molar-refractivity contribution in [3.63, 3.8) is 0 Å². The van der Waals surface area contributed by atoms with Crippen LogP contribution in [0.3, 0.4) is 0 Å². The molecule has 1 amide bonds. The Balaban J connectivity index is 1.23. The highest BCUT2D eigenvalue weighted by Crippen LogP contribution is 2.19. The molecule has 0 aliphatic carbocycles. The number of benzene rings is 3. The topological polar surface area (TPSA) is 56.2 Å². The molecule has 1 N–H and O–H groups in total. The average Bonchev–Trinajstić information content (AvgIpc) is 3.22. The predicted molar refractivity (Wildman–Crippen MR) is 137 cm³/mol. The molecule has 0 bridgehead atoms. The lowest BCUT2D eigenvalue weighted by Crippen LogP contribution is -2.24. The van der Waals surface area contributed by atoms with Crippen LogP contribution in [0.15, 0.2) is 78.9 Å². The van der Waals surface area contributed by atoms with Crippen LogP contribution in [0.1, 0.15) is 47.4 Å². The van der Waals surface area contributed by atoms with E-state index in [1.807, 2.05) is 67.6 Å². The van der Waals surface area contributed by atoms with Crippen LogP contribution in [0.4, 0.5) is 0 Å². The first-order chi connectivity index (χ1) is 16.7. The maximum atomic E-state index is 12.2. The SMILES string of the molecule is Cc1ccc(C(=O)NCCCCCc2nc3ccccc3n2CCCOc2ccccc2)cc1. The van der Waals surface area contributed by atoms with Crippen molar-refractivity contribution in [2.75, 3.05) is 13.2 Å². The first-order valence-corrected chi connectivity index (χ1v) is 12.2. The predicted octanol–water partition coefficient (Wildman–Crippen LogP) is 5.96. The van der Waals surface area contributed by atoms with Crippen molar-refractivity contribution in [3.05, 3.63) is 95.8 Å². The molecule has 0 aliphatic rings. The quantitative estimate of drug-likeness (QED) is 0.268. The molecule has 0 radical (unpaired) electrons. The van der Waals surface area contributed by atoms with E-state index in [0.29, 0.717) is 13.2 Å². The first-order valence-electron chi connectivity index (χ1n) is 12.2. The van der Waals surface area contributed by atoms with Gasteiger partial charge < -0.3 is 14.6 Å². The van der Waals surface area contributed by atoms with E-state index in [2.05, 4.69) is 28.1 Å². The summed E-state index contributed by atoms with van der Waals surface area (Å²) in [6.07, 6.45) is 4.91. The van der Waals surface area contributed by atoms with E-state index < -0.39 is 0 Å². The van der Waals surface area contributed by atoms with Gasteiger partial charge in [-0.3, -0.25) is 4.79 Å². The standard InChI is InChI=1S/C29H33N3O2/c1-23-16-18-24(19-17-23)29(33)30-20-9-3-6-15-28-31-26-13-7-8-14-27(26)32(28)21-10-22-34-25-11-4-2-5-12-25/h2,4-5,7-8,11-14,16-19H,3,6,9-10,15,20-22H2,1H3,(H,30,33). The van der Waals surface area contributed by atoms with Crippen molar-refractivity contribution < 1.29 is 9.53 Å². The number of carbonyl (C=O) groups excluding carboxylic acids is 1. The maximum absolute atomic E-state index is 12.2. The van der Waals surface area contributed by atoms with Gasteiger partial charge in [-0.2, -0.15) is 0 Å². The Labute approximate surface area is 201 Å². The normalized spacial score (nSPS) is 11.0. The van der Waals surface area contributed by atoms with Gasteiger partial charge in [0.25, 0.3) is 5.91 Å². The third-order valence-electron chi connectivity index (χ3n) is 5.95. The number of amides is 1. The van der Waals surface area contributed by atoms with Gasteiger partial charge in [0.1, 0.15) is 11.6 Å². The van der Waals surface area contributed by atoms with Crippen molar-refractivity contribution in [1.82, 2.24) is 14.9 Å². The average molecular weight is 456 g/mol. The van der Waals surface area contributed by atoms with Crippen LogP contribution in [0.25, 0.3) is 11.0 Å². The van der Waals surface area contributed by atoms with Gasteiger partial charge in [-0.05, 0) is 62.6 Å². The summed E-state index contributed by atoms with van der Waals surface area (Å²) < 4.78 is 8.21. The Kier molecular flexibility index (Phi) is 8.33. The highest BCUT2D eigenvalue weighted by atomic mass is 16.5. The van der Waals surface area contributed by atoms with E-state index in [-0.39, 0.29) is 5.91 Å². The monoisotopic (exact) mass is 455 g/mol. The number of hydrogen-bond acceptors (Lipinski definition) is 3. The van der Waals surface area contributed by atoms with E-state index in [4.69, 9.17) is 9.72 Å². The molecule has 5 nitrogen and oxygen atoms in total. The minimum absolute atomic E-state index is 0.000450. The summed E-state index contributed by atoms with van der Waals surface area (Å²) in [4.78, 5) is 17.1. The first kappa shape index (κ1) is 23.6. The minimum atomic E-state index is -0.000450. The molecule has 0 atom stereocenters.